The molecule has 3 aromatic rings. The van der Waals surface area contributed by atoms with E-state index in [-0.39, 0.29) is 34.8 Å². The number of anilines is 2. The molecular formula is C35H43FN6O4. The Morgan fingerprint density at radius 3 is 2.59 bits per heavy atom. The molecule has 2 aromatic carbocycles. The number of halogens is 1. The summed E-state index contributed by atoms with van der Waals surface area (Å²) in [6.45, 7) is 14.6. The zero-order chi connectivity index (χ0) is 32.8. The van der Waals surface area contributed by atoms with Crippen LogP contribution in [0.2, 0.25) is 0 Å². The maximum Gasteiger partial charge on any atom is 0.410 e. The van der Waals surface area contributed by atoms with Crippen LogP contribution < -0.4 is 15.0 Å². The number of carbonyl (C=O) groups is 2. The van der Waals surface area contributed by atoms with E-state index in [4.69, 9.17) is 9.47 Å². The van der Waals surface area contributed by atoms with Crippen LogP contribution in [0.5, 0.6) is 11.5 Å². The first-order valence-electron chi connectivity index (χ1n) is 16.0. The van der Waals surface area contributed by atoms with Gasteiger partial charge in [-0.05, 0) is 89.8 Å². The highest BCUT2D eigenvalue weighted by Gasteiger charge is 2.53. The molecule has 1 saturated carbocycles. The maximum atomic E-state index is 14.3. The Bertz CT molecular complexity index is 1630. The molecule has 3 aliphatic rings. The van der Waals surface area contributed by atoms with Gasteiger partial charge < -0.3 is 24.6 Å². The number of aromatic nitrogens is 2. The van der Waals surface area contributed by atoms with Gasteiger partial charge >= 0.3 is 6.09 Å². The molecule has 46 heavy (non-hydrogen) atoms. The lowest BCUT2D eigenvalue weighted by molar-refractivity contribution is 0.0242. The molecule has 0 unspecified atom stereocenters. The van der Waals surface area contributed by atoms with Crippen LogP contribution in [-0.2, 0) is 17.8 Å². The van der Waals surface area contributed by atoms with Crippen LogP contribution in [0.15, 0.2) is 48.9 Å². The standard InChI is InChI=1S/C35H43FN6O4/c1-7-42(22(2)3)32(43)26-13-24(36)11-12-29(26)45-30-16-37-21-38-31(30)41-19-35(20-41)14-25(15-35)39-28-10-8-9-23-17-40(18-27(23)28)33(44)46-34(4,5)6/h8-13,16,21-22,25,39H,7,14-15,17-20H2,1-6H3. The van der Waals surface area contributed by atoms with Crippen LogP contribution in [0.1, 0.15) is 75.9 Å². The first kappa shape index (κ1) is 31.6. The number of benzene rings is 2. The summed E-state index contributed by atoms with van der Waals surface area (Å²) in [5, 5.41) is 3.74. The molecular weight excluding hydrogens is 587 g/mol. The third kappa shape index (κ3) is 6.32. The summed E-state index contributed by atoms with van der Waals surface area (Å²) in [4.78, 5) is 40.3. The second-order valence-electron chi connectivity index (χ2n) is 14.0. The largest absolute Gasteiger partial charge is 0.451 e. The maximum absolute atomic E-state index is 14.3. The lowest BCUT2D eigenvalue weighted by Gasteiger charge is -2.59. The second-order valence-corrected chi connectivity index (χ2v) is 14.0. The molecule has 1 spiro atoms. The van der Waals surface area contributed by atoms with Crippen LogP contribution in [-0.4, -0.2) is 69.1 Å². The van der Waals surface area contributed by atoms with Gasteiger partial charge in [0, 0.05) is 49.4 Å². The molecule has 1 aromatic heterocycles. The van der Waals surface area contributed by atoms with E-state index in [0.29, 0.717) is 37.2 Å². The number of rotatable bonds is 8. The van der Waals surface area contributed by atoms with Crippen molar-refractivity contribution in [3.8, 4) is 11.5 Å². The van der Waals surface area contributed by atoms with Crippen molar-refractivity contribution in [2.24, 2.45) is 5.41 Å². The first-order valence-corrected chi connectivity index (χ1v) is 16.0. The molecule has 244 valence electrons. The van der Waals surface area contributed by atoms with Gasteiger partial charge in [0.15, 0.2) is 11.6 Å². The van der Waals surface area contributed by atoms with E-state index < -0.39 is 11.4 Å². The number of ether oxygens (including phenoxy) is 2. The van der Waals surface area contributed by atoms with E-state index in [0.717, 1.165) is 42.7 Å². The average Bonchev–Trinajstić information content (AvgIpc) is 3.40. The minimum atomic E-state index is -0.532. The van der Waals surface area contributed by atoms with E-state index in [1.54, 1.807) is 16.0 Å². The van der Waals surface area contributed by atoms with Gasteiger partial charge in [0.2, 0.25) is 0 Å². The second kappa shape index (κ2) is 12.1. The fourth-order valence-electron chi connectivity index (χ4n) is 6.89. The number of fused-ring (bicyclic) bond motifs is 1. The molecule has 1 saturated heterocycles. The number of hydrogen-bond acceptors (Lipinski definition) is 8. The summed E-state index contributed by atoms with van der Waals surface area (Å²) >= 11 is 0. The summed E-state index contributed by atoms with van der Waals surface area (Å²) in [6, 6.07) is 10.5. The Kier molecular flexibility index (Phi) is 8.29. The molecule has 10 nitrogen and oxygen atoms in total. The van der Waals surface area contributed by atoms with Crippen molar-refractivity contribution < 1.29 is 23.5 Å². The lowest BCUT2D eigenvalue weighted by Crippen LogP contribution is -2.65. The topological polar surface area (TPSA) is 100 Å². The first-order chi connectivity index (χ1) is 21.8. The van der Waals surface area contributed by atoms with Gasteiger partial charge in [-0.15, -0.1) is 0 Å². The van der Waals surface area contributed by atoms with Gasteiger partial charge in [0.05, 0.1) is 18.3 Å². The van der Waals surface area contributed by atoms with Gasteiger partial charge in [-0.3, -0.25) is 9.69 Å². The molecule has 3 heterocycles. The molecule has 2 amide bonds. The van der Waals surface area contributed by atoms with E-state index in [1.165, 1.54) is 24.5 Å². The van der Waals surface area contributed by atoms with E-state index in [2.05, 4.69) is 32.3 Å². The molecule has 6 rings (SSSR count). The van der Waals surface area contributed by atoms with Crippen molar-refractivity contribution in [3.05, 3.63) is 71.4 Å². The summed E-state index contributed by atoms with van der Waals surface area (Å²) in [5.41, 5.74) is 3.19. The Hall–Kier alpha value is -4.41. The van der Waals surface area contributed by atoms with Crippen molar-refractivity contribution in [3.63, 3.8) is 0 Å². The van der Waals surface area contributed by atoms with Gasteiger partial charge in [0.1, 0.15) is 23.5 Å². The summed E-state index contributed by atoms with van der Waals surface area (Å²) in [7, 11) is 0. The number of nitrogens with zero attached hydrogens (tertiary/aromatic N) is 5. The van der Waals surface area contributed by atoms with Crippen LogP contribution >= 0.6 is 0 Å². The smallest absolute Gasteiger partial charge is 0.410 e. The van der Waals surface area contributed by atoms with Crippen molar-refractivity contribution in [1.29, 1.82) is 0 Å². The van der Waals surface area contributed by atoms with Crippen LogP contribution in [0.4, 0.5) is 20.7 Å². The Balaban J connectivity index is 1.08. The van der Waals surface area contributed by atoms with Gasteiger partial charge in [-0.1, -0.05) is 12.1 Å². The molecule has 2 fully saturated rings. The molecule has 2 aliphatic heterocycles. The Morgan fingerprint density at radius 2 is 1.89 bits per heavy atom. The number of hydrogen-bond donors (Lipinski definition) is 1. The minimum Gasteiger partial charge on any atom is -0.451 e. The van der Waals surface area contributed by atoms with E-state index in [1.807, 2.05) is 47.6 Å². The van der Waals surface area contributed by atoms with Gasteiger partial charge in [-0.2, -0.15) is 0 Å². The SMILES string of the molecule is CCN(C(=O)c1cc(F)ccc1Oc1cncnc1N1CC2(CC(Nc3cccc4c3CN(C(=O)OC(C)(C)C)C4)C2)C1)C(C)C. The highest BCUT2D eigenvalue weighted by molar-refractivity contribution is 5.97. The van der Waals surface area contributed by atoms with Gasteiger partial charge in [-0.25, -0.2) is 19.2 Å². The van der Waals surface area contributed by atoms with E-state index >= 15 is 0 Å². The van der Waals surface area contributed by atoms with Crippen LogP contribution in [0, 0.1) is 11.2 Å². The summed E-state index contributed by atoms with van der Waals surface area (Å²) in [6.07, 6.45) is 4.82. The Labute approximate surface area is 269 Å². The molecule has 0 radical (unpaired) electrons. The predicted molar refractivity (Wildman–Crippen MR) is 174 cm³/mol. The normalized spacial score (nSPS) is 17.0. The van der Waals surface area contributed by atoms with Crippen LogP contribution in [0.25, 0.3) is 0 Å². The van der Waals surface area contributed by atoms with E-state index in [9.17, 15) is 14.0 Å². The fourth-order valence-corrected chi connectivity index (χ4v) is 6.89. The Morgan fingerprint density at radius 1 is 1.13 bits per heavy atom. The molecule has 11 heteroatoms. The summed E-state index contributed by atoms with van der Waals surface area (Å²) < 4.78 is 26.1. The van der Waals surface area contributed by atoms with Crippen molar-refractivity contribution in [2.45, 2.75) is 85.2 Å². The van der Waals surface area contributed by atoms with Crippen molar-refractivity contribution in [1.82, 2.24) is 19.8 Å². The number of carbonyl (C=O) groups excluding carboxylic acids is 2. The van der Waals surface area contributed by atoms with Gasteiger partial charge in [0.25, 0.3) is 5.91 Å². The van der Waals surface area contributed by atoms with Crippen molar-refractivity contribution in [2.75, 3.05) is 29.9 Å². The summed E-state index contributed by atoms with van der Waals surface area (Å²) in [5.74, 6) is 0.556. The zero-order valence-corrected chi connectivity index (χ0v) is 27.5. The highest BCUT2D eigenvalue weighted by Crippen LogP contribution is 2.52. The average molecular weight is 631 g/mol. The molecule has 0 atom stereocenters. The molecule has 1 aliphatic carbocycles. The van der Waals surface area contributed by atoms with Crippen molar-refractivity contribution >= 4 is 23.5 Å². The number of nitrogens with one attached hydrogen (secondary N) is 1. The lowest BCUT2D eigenvalue weighted by atomic mass is 9.60. The predicted octanol–water partition coefficient (Wildman–Crippen LogP) is 6.61. The third-order valence-corrected chi connectivity index (χ3v) is 8.98. The monoisotopic (exact) mass is 630 g/mol. The third-order valence-electron chi connectivity index (χ3n) is 8.98. The quantitative estimate of drug-likeness (QED) is 0.297. The van der Waals surface area contributed by atoms with Crippen LogP contribution in [0.3, 0.4) is 0 Å². The molecule has 1 N–H and O–H groups in total. The fraction of sp³-hybridized carbons (Fsp3) is 0.486. The number of amides is 2. The zero-order valence-electron chi connectivity index (χ0n) is 27.5. The highest BCUT2D eigenvalue weighted by atomic mass is 19.1. The minimum absolute atomic E-state index is 0.0444. The molecule has 0 bridgehead atoms.